The van der Waals surface area contributed by atoms with Gasteiger partial charge in [0.2, 0.25) is 18.1 Å². The van der Waals surface area contributed by atoms with Gasteiger partial charge in [-0.3, -0.25) is 28.7 Å². The van der Waals surface area contributed by atoms with Crippen molar-refractivity contribution in [1.82, 2.24) is 20.2 Å². The second-order valence-electron chi connectivity index (χ2n) is 12.1. The highest BCUT2D eigenvalue weighted by Crippen LogP contribution is 2.38. The Labute approximate surface area is 270 Å². The molecule has 0 radical (unpaired) electrons. The van der Waals surface area contributed by atoms with Crippen LogP contribution < -0.4 is 27.6 Å². The molecule has 17 nitrogen and oxygen atoms in total. The summed E-state index contributed by atoms with van der Waals surface area (Å²) in [5, 5.41) is 37.1. The van der Waals surface area contributed by atoms with Crippen molar-refractivity contribution in [3.8, 4) is 0 Å². The molecule has 1 aromatic rings. The number of rotatable bonds is 14. The SMILES string of the molecule is CCCCCCO[C@@H]1[C@H](CO)[C@@H]([C@@H](O[C@H]2OC(C(=O)N[C@H]3CCC[C@@H](C)NC3=O)=C[C@H](O)[C@@H]2O)C(N)=O)O[C@H]1n1ccc(=O)[nH]c1=O. The Morgan fingerprint density at radius 2 is 1.96 bits per heavy atom. The van der Waals surface area contributed by atoms with Gasteiger partial charge in [0.05, 0.1) is 6.61 Å². The average molecular weight is 668 g/mol. The minimum atomic E-state index is -1.83. The molecule has 17 heteroatoms. The van der Waals surface area contributed by atoms with Crippen LogP contribution in [-0.2, 0) is 33.3 Å². The molecule has 0 aliphatic carbocycles. The lowest BCUT2D eigenvalue weighted by atomic mass is 9.94. The zero-order chi connectivity index (χ0) is 34.2. The monoisotopic (exact) mass is 667 g/mol. The number of aliphatic hydroxyl groups excluding tert-OH is 3. The summed E-state index contributed by atoms with van der Waals surface area (Å²) in [6.45, 7) is 3.51. The lowest BCUT2D eigenvalue weighted by Gasteiger charge is -2.35. The quantitative estimate of drug-likeness (QED) is 0.107. The van der Waals surface area contributed by atoms with Crippen LogP contribution in [0.15, 0.2) is 33.7 Å². The standard InChI is InChI=1S/C30H45N5O12/c1-3-4-5-6-12-44-23-16(14-36)22(46-28(23)35-11-10-20(38)34-30(35)43)24(25(31)40)47-29-21(39)18(37)13-19(45-29)27(42)33-17-9-7-8-15(2)32-26(17)41/h10-11,13,15-18,21-24,28-29,36-37,39H,3-9,12,14H2,1-2H3,(H2,31,40)(H,32,41)(H,33,42)(H,34,38,43)/t15-,16-,17+,18+,21+,22+,23-,24-,28-,29-/m1/s1. The Morgan fingerprint density at radius 3 is 2.64 bits per heavy atom. The molecule has 47 heavy (non-hydrogen) atoms. The smallest absolute Gasteiger partial charge is 0.330 e. The van der Waals surface area contributed by atoms with E-state index in [-0.39, 0.29) is 18.6 Å². The van der Waals surface area contributed by atoms with E-state index in [1.807, 2.05) is 6.92 Å². The largest absolute Gasteiger partial charge is 0.456 e. The number of amides is 3. The number of carbonyl (C=O) groups is 3. The fourth-order valence-corrected chi connectivity index (χ4v) is 5.93. The van der Waals surface area contributed by atoms with Crippen molar-refractivity contribution >= 4 is 17.7 Å². The van der Waals surface area contributed by atoms with Crippen molar-refractivity contribution in [2.75, 3.05) is 13.2 Å². The van der Waals surface area contributed by atoms with E-state index in [2.05, 4.69) is 22.5 Å². The second kappa shape index (κ2) is 16.5. The third-order valence-electron chi connectivity index (χ3n) is 8.48. The maximum atomic E-state index is 13.1. The number of aromatic nitrogens is 2. The molecule has 8 N–H and O–H groups in total. The van der Waals surface area contributed by atoms with Crippen LogP contribution in [0.1, 0.15) is 65.0 Å². The summed E-state index contributed by atoms with van der Waals surface area (Å²) < 4.78 is 24.6. The zero-order valence-electron chi connectivity index (χ0n) is 26.4. The normalized spacial score (nSPS) is 31.6. The third-order valence-corrected chi connectivity index (χ3v) is 8.48. The van der Waals surface area contributed by atoms with Gasteiger partial charge in [0.15, 0.2) is 18.1 Å². The Balaban J connectivity index is 1.55. The molecule has 3 aliphatic rings. The Morgan fingerprint density at radius 1 is 1.19 bits per heavy atom. The van der Waals surface area contributed by atoms with Crippen LogP contribution >= 0.6 is 0 Å². The van der Waals surface area contributed by atoms with Gasteiger partial charge in [0.1, 0.15) is 30.5 Å². The van der Waals surface area contributed by atoms with Crippen molar-refractivity contribution in [2.45, 2.75) is 114 Å². The van der Waals surface area contributed by atoms with Crippen molar-refractivity contribution in [2.24, 2.45) is 11.7 Å². The lowest BCUT2D eigenvalue weighted by molar-refractivity contribution is -0.239. The molecule has 1 aromatic heterocycles. The van der Waals surface area contributed by atoms with E-state index < -0.39 is 90.4 Å². The predicted octanol–water partition coefficient (Wildman–Crippen LogP) is -1.99. The molecular formula is C30H45N5O12. The van der Waals surface area contributed by atoms with Crippen LogP contribution in [0.5, 0.6) is 0 Å². The Hall–Kier alpha value is -3.61. The van der Waals surface area contributed by atoms with E-state index in [1.165, 1.54) is 6.20 Å². The first-order chi connectivity index (χ1) is 22.4. The minimum Gasteiger partial charge on any atom is -0.456 e. The molecule has 0 spiro atoms. The molecule has 0 unspecified atom stereocenters. The number of nitrogens with one attached hydrogen (secondary N) is 3. The van der Waals surface area contributed by atoms with E-state index in [9.17, 15) is 39.3 Å². The van der Waals surface area contributed by atoms with Gasteiger partial charge < -0.3 is 50.6 Å². The molecule has 4 heterocycles. The summed E-state index contributed by atoms with van der Waals surface area (Å²) in [5.41, 5.74) is 4.22. The Bertz CT molecular complexity index is 1400. The molecule has 4 rings (SSSR count). The molecule has 3 amide bonds. The van der Waals surface area contributed by atoms with Crippen LogP contribution in [0.25, 0.3) is 0 Å². The third kappa shape index (κ3) is 8.85. The van der Waals surface area contributed by atoms with Gasteiger partial charge in [-0.15, -0.1) is 0 Å². The van der Waals surface area contributed by atoms with Gasteiger partial charge in [-0.25, -0.2) is 4.79 Å². The maximum absolute atomic E-state index is 13.1. The van der Waals surface area contributed by atoms with E-state index in [0.29, 0.717) is 19.3 Å². The van der Waals surface area contributed by atoms with Crippen LogP contribution in [0.4, 0.5) is 0 Å². The van der Waals surface area contributed by atoms with E-state index >= 15 is 0 Å². The first-order valence-electron chi connectivity index (χ1n) is 15.9. The number of carbonyl (C=O) groups excluding carboxylic acids is 3. The minimum absolute atomic E-state index is 0.0657. The number of H-pyrrole nitrogens is 1. The van der Waals surface area contributed by atoms with Gasteiger partial charge in [-0.2, -0.15) is 0 Å². The van der Waals surface area contributed by atoms with E-state index in [0.717, 1.165) is 42.4 Å². The maximum Gasteiger partial charge on any atom is 0.330 e. The van der Waals surface area contributed by atoms with Gasteiger partial charge in [0.25, 0.3) is 11.5 Å². The summed E-state index contributed by atoms with van der Waals surface area (Å²) in [6.07, 6.45) is -3.34. The van der Waals surface area contributed by atoms with Crippen molar-refractivity contribution in [3.63, 3.8) is 0 Å². The average Bonchev–Trinajstić information content (AvgIpc) is 3.29. The summed E-state index contributed by atoms with van der Waals surface area (Å²) in [5.74, 6) is -3.84. The second-order valence-corrected chi connectivity index (χ2v) is 12.1. The Kier molecular flexibility index (Phi) is 12.7. The molecule has 0 bridgehead atoms. The van der Waals surface area contributed by atoms with E-state index in [4.69, 9.17) is 24.7 Å². The summed E-state index contributed by atoms with van der Waals surface area (Å²) in [4.78, 5) is 65.0. The number of hydrogen-bond acceptors (Lipinski definition) is 12. The molecule has 262 valence electrons. The summed E-state index contributed by atoms with van der Waals surface area (Å²) in [7, 11) is 0. The molecule has 10 atom stereocenters. The first kappa shape index (κ1) is 36.2. The number of nitrogens with zero attached hydrogens (tertiary/aromatic N) is 1. The number of unbranched alkanes of at least 4 members (excludes halogenated alkanes) is 3. The molecular weight excluding hydrogens is 622 g/mol. The van der Waals surface area contributed by atoms with Gasteiger partial charge >= 0.3 is 5.69 Å². The zero-order valence-corrected chi connectivity index (χ0v) is 26.4. The highest BCUT2D eigenvalue weighted by Gasteiger charge is 2.53. The van der Waals surface area contributed by atoms with Crippen molar-refractivity contribution in [1.29, 1.82) is 0 Å². The molecule has 0 aromatic carbocycles. The lowest BCUT2D eigenvalue weighted by Crippen LogP contribution is -2.54. The number of primary amides is 1. The number of aliphatic hydroxyl groups is 3. The number of aromatic amines is 1. The van der Waals surface area contributed by atoms with Gasteiger partial charge in [-0.1, -0.05) is 26.2 Å². The number of hydrogen-bond donors (Lipinski definition) is 7. The van der Waals surface area contributed by atoms with Crippen LogP contribution in [0, 0.1) is 5.92 Å². The topological polar surface area (TPSA) is 254 Å². The number of nitrogens with two attached hydrogens (primary N) is 1. The van der Waals surface area contributed by atoms with Crippen LogP contribution in [-0.4, -0.2) is 105 Å². The van der Waals surface area contributed by atoms with E-state index in [1.54, 1.807) is 0 Å². The fraction of sp³-hybridized carbons (Fsp3) is 0.700. The first-order valence-corrected chi connectivity index (χ1v) is 15.9. The highest BCUT2D eigenvalue weighted by molar-refractivity contribution is 5.95. The predicted molar refractivity (Wildman–Crippen MR) is 162 cm³/mol. The summed E-state index contributed by atoms with van der Waals surface area (Å²) >= 11 is 0. The van der Waals surface area contributed by atoms with Gasteiger partial charge in [0, 0.05) is 30.8 Å². The van der Waals surface area contributed by atoms with Crippen molar-refractivity contribution in [3.05, 3.63) is 44.9 Å². The van der Waals surface area contributed by atoms with Gasteiger partial charge in [-0.05, 0) is 38.7 Å². The van der Waals surface area contributed by atoms with Crippen LogP contribution in [0.2, 0.25) is 0 Å². The summed E-state index contributed by atoms with van der Waals surface area (Å²) in [6, 6.07) is 0.158. The van der Waals surface area contributed by atoms with Crippen LogP contribution in [0.3, 0.4) is 0 Å². The molecule has 2 saturated heterocycles. The molecule has 2 fully saturated rings. The van der Waals surface area contributed by atoms with Crippen molar-refractivity contribution < 1.29 is 48.7 Å². The highest BCUT2D eigenvalue weighted by atomic mass is 16.7. The fourth-order valence-electron chi connectivity index (χ4n) is 5.93. The number of ether oxygens (including phenoxy) is 4. The molecule has 3 aliphatic heterocycles. The molecule has 0 saturated carbocycles.